The maximum Gasteiger partial charge on any atom is 0.291 e. The van der Waals surface area contributed by atoms with Gasteiger partial charge in [0.15, 0.2) is 5.82 Å². The number of rotatable bonds is 4. The van der Waals surface area contributed by atoms with Crippen LogP contribution >= 0.6 is 22.9 Å². The number of aromatic nitrogens is 3. The summed E-state index contributed by atoms with van der Waals surface area (Å²) in [6.07, 6.45) is 5.12. The van der Waals surface area contributed by atoms with Gasteiger partial charge in [0.05, 0.1) is 0 Å². The molecular formula is C23H13ClFN3O2S. The van der Waals surface area contributed by atoms with E-state index in [1.165, 1.54) is 28.0 Å². The Balaban J connectivity index is 1.42. The summed E-state index contributed by atoms with van der Waals surface area (Å²) < 4.78 is 20.6. The molecule has 0 unspecified atom stereocenters. The number of hydrogen-bond acceptors (Lipinski definition) is 5. The van der Waals surface area contributed by atoms with Crippen molar-refractivity contribution < 1.29 is 8.81 Å². The Morgan fingerprint density at radius 2 is 1.77 bits per heavy atom. The monoisotopic (exact) mass is 449 g/mol. The number of benzene rings is 2. The number of halogens is 2. The van der Waals surface area contributed by atoms with Gasteiger partial charge < -0.3 is 4.42 Å². The molecule has 0 radical (unpaired) electrons. The number of nitrogens with zero attached hydrogens (tertiary/aromatic N) is 3. The minimum Gasteiger partial charge on any atom is -0.457 e. The molecule has 3 aromatic heterocycles. The summed E-state index contributed by atoms with van der Waals surface area (Å²) in [5.74, 6) is 1.35. The quantitative estimate of drug-likeness (QED) is 0.390. The molecule has 0 amide bonds. The molecule has 0 fully saturated rings. The highest BCUT2D eigenvalue weighted by molar-refractivity contribution is 7.15. The molecule has 5 nitrogen and oxygen atoms in total. The first-order valence-electron chi connectivity index (χ1n) is 9.26. The zero-order valence-corrected chi connectivity index (χ0v) is 17.4. The lowest BCUT2D eigenvalue weighted by Gasteiger charge is -1.96. The van der Waals surface area contributed by atoms with E-state index in [2.05, 4.69) is 10.1 Å². The lowest BCUT2D eigenvalue weighted by Crippen LogP contribution is -2.23. The van der Waals surface area contributed by atoms with Gasteiger partial charge in [0, 0.05) is 16.7 Å². The van der Waals surface area contributed by atoms with Gasteiger partial charge in [-0.25, -0.2) is 4.39 Å². The van der Waals surface area contributed by atoms with Crippen molar-refractivity contribution in [3.63, 3.8) is 0 Å². The second-order valence-corrected chi connectivity index (χ2v) is 8.12. The predicted molar refractivity (Wildman–Crippen MR) is 120 cm³/mol. The average Bonchev–Trinajstić information content (AvgIpc) is 3.46. The van der Waals surface area contributed by atoms with Gasteiger partial charge in [0.1, 0.15) is 21.9 Å². The number of furan rings is 1. The van der Waals surface area contributed by atoms with E-state index in [4.69, 9.17) is 16.0 Å². The van der Waals surface area contributed by atoms with Crippen molar-refractivity contribution in [2.75, 3.05) is 0 Å². The van der Waals surface area contributed by atoms with Crippen LogP contribution < -0.4 is 10.1 Å². The van der Waals surface area contributed by atoms with Gasteiger partial charge in [-0.3, -0.25) is 4.79 Å². The van der Waals surface area contributed by atoms with Crippen molar-refractivity contribution in [2.24, 2.45) is 0 Å². The summed E-state index contributed by atoms with van der Waals surface area (Å²) in [7, 11) is 0. The lowest BCUT2D eigenvalue weighted by atomic mass is 10.2. The molecule has 0 aliphatic carbocycles. The molecule has 152 valence electrons. The fourth-order valence-corrected chi connectivity index (χ4v) is 4.01. The molecule has 0 N–H and O–H groups in total. The van der Waals surface area contributed by atoms with E-state index in [1.807, 2.05) is 18.2 Å². The maximum atomic E-state index is 13.0. The summed E-state index contributed by atoms with van der Waals surface area (Å²) in [5, 5.41) is 4.90. The van der Waals surface area contributed by atoms with Crippen molar-refractivity contribution in [3.8, 4) is 11.3 Å². The third kappa shape index (κ3) is 4.05. The number of thiazole rings is 1. The first-order chi connectivity index (χ1) is 15.0. The van der Waals surface area contributed by atoms with Crippen molar-refractivity contribution in [1.29, 1.82) is 0 Å². The molecular weight excluding hydrogens is 437 g/mol. The SMILES string of the molecule is O=c1/c(=C/c2ccc(-c3ccc(Cl)cc3)o2)sc2nc(/C=C/c3ccc(F)cc3)nn12. The van der Waals surface area contributed by atoms with Crippen LogP contribution in [0, 0.1) is 5.82 Å². The maximum absolute atomic E-state index is 13.0. The van der Waals surface area contributed by atoms with Crippen LogP contribution in [0.3, 0.4) is 0 Å². The van der Waals surface area contributed by atoms with Gasteiger partial charge >= 0.3 is 0 Å². The highest BCUT2D eigenvalue weighted by Crippen LogP contribution is 2.24. The third-order valence-electron chi connectivity index (χ3n) is 4.52. The van der Waals surface area contributed by atoms with Crippen molar-refractivity contribution in [3.05, 3.63) is 104 Å². The molecule has 5 aromatic rings. The Morgan fingerprint density at radius 1 is 1.00 bits per heavy atom. The van der Waals surface area contributed by atoms with E-state index < -0.39 is 0 Å². The molecule has 0 atom stereocenters. The second kappa shape index (κ2) is 7.94. The molecule has 8 heteroatoms. The van der Waals surface area contributed by atoms with Gasteiger partial charge in [-0.1, -0.05) is 41.1 Å². The van der Waals surface area contributed by atoms with Gasteiger partial charge in [-0.15, -0.1) is 5.10 Å². The van der Waals surface area contributed by atoms with E-state index in [9.17, 15) is 9.18 Å². The number of fused-ring (bicyclic) bond motifs is 1. The van der Waals surface area contributed by atoms with Gasteiger partial charge in [-0.2, -0.15) is 9.50 Å². The van der Waals surface area contributed by atoms with Crippen LogP contribution in [0.25, 0.3) is 34.5 Å². The normalized spacial score (nSPS) is 12.4. The van der Waals surface area contributed by atoms with Crippen LogP contribution in [0.2, 0.25) is 5.02 Å². The highest BCUT2D eigenvalue weighted by atomic mass is 35.5. The molecule has 0 spiro atoms. The molecule has 3 heterocycles. The fraction of sp³-hybridized carbons (Fsp3) is 0. The molecule has 0 aliphatic rings. The molecule has 31 heavy (non-hydrogen) atoms. The second-order valence-electron chi connectivity index (χ2n) is 6.67. The van der Waals surface area contributed by atoms with E-state index in [0.29, 0.717) is 31.9 Å². The van der Waals surface area contributed by atoms with Crippen LogP contribution in [0.15, 0.2) is 69.9 Å². The van der Waals surface area contributed by atoms with Crippen LogP contribution in [-0.4, -0.2) is 14.6 Å². The Hall–Kier alpha value is -3.55. The Labute approximate surface area is 184 Å². The van der Waals surface area contributed by atoms with Crippen LogP contribution in [-0.2, 0) is 0 Å². The molecule has 5 rings (SSSR count). The van der Waals surface area contributed by atoms with Crippen LogP contribution in [0.4, 0.5) is 4.39 Å². The zero-order chi connectivity index (χ0) is 21.4. The minimum absolute atomic E-state index is 0.265. The standard InChI is InChI=1S/C23H13ClFN3O2S/c24-16-6-4-15(5-7-16)19-11-10-18(30-19)13-20-22(29)28-23(31-20)26-21(27-28)12-3-14-1-8-17(25)9-2-14/h1-13H/b12-3+,20-13-. The Morgan fingerprint density at radius 3 is 2.52 bits per heavy atom. The Bertz CT molecular complexity index is 1520. The van der Waals surface area contributed by atoms with Gasteiger partial charge in [0.25, 0.3) is 5.56 Å². The molecule has 0 saturated heterocycles. The first kappa shape index (κ1) is 19.4. The first-order valence-corrected chi connectivity index (χ1v) is 10.5. The summed E-state index contributed by atoms with van der Waals surface area (Å²) in [4.78, 5) is 17.6. The predicted octanol–water partition coefficient (Wildman–Crippen LogP) is 4.92. The van der Waals surface area contributed by atoms with Crippen molar-refractivity contribution in [2.45, 2.75) is 0 Å². The summed E-state index contributed by atoms with van der Waals surface area (Å²) >= 11 is 7.15. The van der Waals surface area contributed by atoms with Crippen LogP contribution in [0.1, 0.15) is 17.1 Å². The fourth-order valence-electron chi connectivity index (χ4n) is 2.99. The summed E-state index contributed by atoms with van der Waals surface area (Å²) in [6.45, 7) is 0. The van der Waals surface area contributed by atoms with Crippen LogP contribution in [0.5, 0.6) is 0 Å². The Kier molecular flexibility index (Phi) is 4.97. The molecule has 0 bridgehead atoms. The van der Waals surface area contributed by atoms with E-state index in [-0.39, 0.29) is 11.4 Å². The minimum atomic E-state index is -0.297. The third-order valence-corrected chi connectivity index (χ3v) is 5.73. The molecule has 2 aromatic carbocycles. The largest absolute Gasteiger partial charge is 0.457 e. The zero-order valence-electron chi connectivity index (χ0n) is 15.8. The molecule has 0 saturated carbocycles. The highest BCUT2D eigenvalue weighted by Gasteiger charge is 2.10. The van der Waals surface area contributed by atoms with E-state index >= 15 is 0 Å². The van der Waals surface area contributed by atoms with Crippen molar-refractivity contribution >= 4 is 46.1 Å². The van der Waals surface area contributed by atoms with Gasteiger partial charge in [-0.05, 0) is 60.2 Å². The smallest absolute Gasteiger partial charge is 0.291 e. The topological polar surface area (TPSA) is 60.4 Å². The lowest BCUT2D eigenvalue weighted by molar-refractivity contribution is 0.571. The molecule has 0 aliphatic heterocycles. The van der Waals surface area contributed by atoms with Gasteiger partial charge in [0.2, 0.25) is 4.96 Å². The van der Waals surface area contributed by atoms with E-state index in [1.54, 1.807) is 48.6 Å². The number of hydrogen-bond donors (Lipinski definition) is 0. The average molecular weight is 450 g/mol. The summed E-state index contributed by atoms with van der Waals surface area (Å²) in [5.41, 5.74) is 1.44. The summed E-state index contributed by atoms with van der Waals surface area (Å²) in [6, 6.07) is 17.0. The van der Waals surface area contributed by atoms with Crippen molar-refractivity contribution in [1.82, 2.24) is 14.6 Å². The van der Waals surface area contributed by atoms with E-state index in [0.717, 1.165) is 11.1 Å².